The maximum Gasteiger partial charge on any atom is 0.253 e. The van der Waals surface area contributed by atoms with Crippen LogP contribution in [-0.2, 0) is 0 Å². The summed E-state index contributed by atoms with van der Waals surface area (Å²) in [4.78, 5) is 19.0. The Morgan fingerprint density at radius 3 is 2.75 bits per heavy atom. The third kappa shape index (κ3) is 3.30. The van der Waals surface area contributed by atoms with Crippen molar-refractivity contribution in [1.82, 2.24) is 15.0 Å². The topological polar surface area (TPSA) is 83.0 Å². The zero-order chi connectivity index (χ0) is 17.1. The van der Waals surface area contributed by atoms with Crippen LogP contribution in [-0.4, -0.2) is 34.0 Å². The Morgan fingerprint density at radius 2 is 2.12 bits per heavy atom. The smallest absolute Gasteiger partial charge is 0.253 e. The lowest BCUT2D eigenvalue weighted by molar-refractivity contribution is 0.0695. The van der Waals surface area contributed by atoms with Gasteiger partial charge < -0.3 is 9.42 Å². The molecule has 0 bridgehead atoms. The molecule has 6 nitrogen and oxygen atoms in total. The molecule has 0 aliphatic carbocycles. The molecule has 1 fully saturated rings. The van der Waals surface area contributed by atoms with Gasteiger partial charge in [-0.2, -0.15) is 10.2 Å². The molecule has 2 heterocycles. The Balaban J connectivity index is 1.72. The number of nitrogens with zero attached hydrogens (tertiary/aromatic N) is 4. The SMILES string of the molecule is CC(C)c1noc(C2CCCN(C(=O)c3ccc(C#N)cc3)C2)n1. The number of hydrogen-bond acceptors (Lipinski definition) is 5. The van der Waals surface area contributed by atoms with E-state index >= 15 is 0 Å². The first-order chi connectivity index (χ1) is 11.6. The van der Waals surface area contributed by atoms with E-state index in [0.29, 0.717) is 29.4 Å². The van der Waals surface area contributed by atoms with Gasteiger partial charge in [0.2, 0.25) is 5.89 Å². The Morgan fingerprint density at radius 1 is 1.38 bits per heavy atom. The Labute approximate surface area is 141 Å². The zero-order valence-corrected chi connectivity index (χ0v) is 13.9. The molecule has 1 saturated heterocycles. The van der Waals surface area contributed by atoms with Crippen LogP contribution in [0.1, 0.15) is 66.2 Å². The highest BCUT2D eigenvalue weighted by Crippen LogP contribution is 2.27. The molecule has 0 N–H and O–H groups in total. The molecular weight excluding hydrogens is 304 g/mol. The summed E-state index contributed by atoms with van der Waals surface area (Å²) in [5.41, 5.74) is 1.15. The summed E-state index contributed by atoms with van der Waals surface area (Å²) in [6.45, 7) is 5.35. The second-order valence-electron chi connectivity index (χ2n) is 6.42. The lowest BCUT2D eigenvalue weighted by Gasteiger charge is -2.31. The Kier molecular flexibility index (Phi) is 4.61. The van der Waals surface area contributed by atoms with Crippen LogP contribution in [0.2, 0.25) is 0 Å². The van der Waals surface area contributed by atoms with Crippen LogP contribution >= 0.6 is 0 Å². The van der Waals surface area contributed by atoms with Gasteiger partial charge >= 0.3 is 0 Å². The minimum Gasteiger partial charge on any atom is -0.339 e. The van der Waals surface area contributed by atoms with Crippen molar-refractivity contribution in [1.29, 1.82) is 5.26 Å². The van der Waals surface area contributed by atoms with Crippen LogP contribution in [0.5, 0.6) is 0 Å². The molecule has 0 spiro atoms. The van der Waals surface area contributed by atoms with E-state index in [0.717, 1.165) is 19.4 Å². The highest BCUT2D eigenvalue weighted by atomic mass is 16.5. The number of piperidine rings is 1. The van der Waals surface area contributed by atoms with Crippen LogP contribution < -0.4 is 0 Å². The molecule has 124 valence electrons. The molecule has 2 aromatic rings. The summed E-state index contributed by atoms with van der Waals surface area (Å²) in [5.74, 6) is 1.62. The molecule has 1 aromatic carbocycles. The monoisotopic (exact) mass is 324 g/mol. The minimum absolute atomic E-state index is 0.0206. The van der Waals surface area contributed by atoms with Crippen molar-refractivity contribution < 1.29 is 9.32 Å². The summed E-state index contributed by atoms with van der Waals surface area (Å²) < 4.78 is 5.39. The quantitative estimate of drug-likeness (QED) is 0.866. The Hall–Kier alpha value is -2.68. The molecule has 1 atom stereocenters. The van der Waals surface area contributed by atoms with Gasteiger partial charge in [-0.25, -0.2) is 0 Å². The minimum atomic E-state index is -0.0206. The van der Waals surface area contributed by atoms with E-state index in [1.807, 2.05) is 18.7 Å². The molecule has 1 amide bonds. The largest absolute Gasteiger partial charge is 0.339 e. The number of carbonyl (C=O) groups excluding carboxylic acids is 1. The van der Waals surface area contributed by atoms with Gasteiger partial charge in [0.1, 0.15) is 0 Å². The average Bonchev–Trinajstić information content (AvgIpc) is 3.12. The number of aromatic nitrogens is 2. The second-order valence-corrected chi connectivity index (χ2v) is 6.42. The summed E-state index contributed by atoms with van der Waals surface area (Å²) in [6, 6.07) is 8.80. The highest BCUT2D eigenvalue weighted by Gasteiger charge is 2.29. The molecular formula is C18H20N4O2. The normalized spacial score (nSPS) is 17.8. The fourth-order valence-electron chi connectivity index (χ4n) is 2.88. The van der Waals surface area contributed by atoms with Crippen molar-refractivity contribution in [3.8, 4) is 6.07 Å². The number of amides is 1. The molecule has 0 radical (unpaired) electrons. The van der Waals surface area contributed by atoms with Gasteiger partial charge in [0.25, 0.3) is 5.91 Å². The highest BCUT2D eigenvalue weighted by molar-refractivity contribution is 5.94. The van der Waals surface area contributed by atoms with Crippen molar-refractivity contribution in [3.05, 3.63) is 47.1 Å². The molecule has 1 aromatic heterocycles. The van der Waals surface area contributed by atoms with E-state index in [4.69, 9.17) is 9.78 Å². The fourth-order valence-corrected chi connectivity index (χ4v) is 2.88. The summed E-state index contributed by atoms with van der Waals surface area (Å²) in [6.07, 6.45) is 1.85. The van der Waals surface area contributed by atoms with E-state index < -0.39 is 0 Å². The number of carbonyl (C=O) groups is 1. The number of likely N-dealkylation sites (tertiary alicyclic amines) is 1. The first-order valence-corrected chi connectivity index (χ1v) is 8.21. The van der Waals surface area contributed by atoms with Gasteiger partial charge in [-0.3, -0.25) is 4.79 Å². The number of nitriles is 1. The molecule has 0 saturated carbocycles. The molecule has 6 heteroatoms. The number of rotatable bonds is 3. The summed E-state index contributed by atoms with van der Waals surface area (Å²) in [7, 11) is 0. The third-order valence-corrected chi connectivity index (χ3v) is 4.29. The van der Waals surface area contributed by atoms with E-state index in [1.54, 1.807) is 24.3 Å². The molecule has 1 aliphatic rings. The van der Waals surface area contributed by atoms with Crippen molar-refractivity contribution in [3.63, 3.8) is 0 Å². The van der Waals surface area contributed by atoms with Gasteiger partial charge in [0, 0.05) is 24.6 Å². The van der Waals surface area contributed by atoms with Crippen molar-refractivity contribution in [2.75, 3.05) is 13.1 Å². The standard InChI is InChI=1S/C18H20N4O2/c1-12(2)16-20-17(24-21-16)15-4-3-9-22(11-15)18(23)14-7-5-13(10-19)6-8-14/h5-8,12,15H,3-4,9,11H2,1-2H3. The van der Waals surface area contributed by atoms with Crippen LogP contribution in [0.3, 0.4) is 0 Å². The predicted molar refractivity (Wildman–Crippen MR) is 87.4 cm³/mol. The molecule has 24 heavy (non-hydrogen) atoms. The van der Waals surface area contributed by atoms with Crippen LogP contribution in [0.25, 0.3) is 0 Å². The van der Waals surface area contributed by atoms with Gasteiger partial charge in [-0.15, -0.1) is 0 Å². The van der Waals surface area contributed by atoms with Crippen molar-refractivity contribution >= 4 is 5.91 Å². The molecule has 3 rings (SSSR count). The lowest BCUT2D eigenvalue weighted by Crippen LogP contribution is -2.39. The third-order valence-electron chi connectivity index (χ3n) is 4.29. The first kappa shape index (κ1) is 16.2. The number of benzene rings is 1. The average molecular weight is 324 g/mol. The zero-order valence-electron chi connectivity index (χ0n) is 13.9. The Bertz CT molecular complexity index is 758. The van der Waals surface area contributed by atoms with E-state index in [1.165, 1.54) is 0 Å². The molecule has 1 aliphatic heterocycles. The van der Waals surface area contributed by atoms with Crippen molar-refractivity contribution in [2.45, 2.75) is 38.5 Å². The summed E-state index contributed by atoms with van der Waals surface area (Å²) >= 11 is 0. The van der Waals surface area contributed by atoms with Crippen LogP contribution in [0.4, 0.5) is 0 Å². The first-order valence-electron chi connectivity index (χ1n) is 8.21. The van der Waals surface area contributed by atoms with Crippen molar-refractivity contribution in [2.24, 2.45) is 0 Å². The maximum atomic E-state index is 12.7. The van der Waals surface area contributed by atoms with Gasteiger partial charge in [0.05, 0.1) is 17.6 Å². The summed E-state index contributed by atoms with van der Waals surface area (Å²) in [5, 5.41) is 12.9. The fraction of sp³-hybridized carbons (Fsp3) is 0.444. The predicted octanol–water partition coefficient (Wildman–Crippen LogP) is 3.08. The van der Waals surface area contributed by atoms with E-state index in [2.05, 4.69) is 16.2 Å². The van der Waals surface area contributed by atoms with Gasteiger partial charge in [-0.05, 0) is 37.1 Å². The second kappa shape index (κ2) is 6.83. The number of hydrogen-bond donors (Lipinski definition) is 0. The lowest BCUT2D eigenvalue weighted by atomic mass is 9.97. The van der Waals surface area contributed by atoms with Gasteiger partial charge in [0.15, 0.2) is 5.82 Å². The van der Waals surface area contributed by atoms with Gasteiger partial charge in [-0.1, -0.05) is 19.0 Å². The maximum absolute atomic E-state index is 12.7. The van der Waals surface area contributed by atoms with Crippen LogP contribution in [0, 0.1) is 11.3 Å². The van der Waals surface area contributed by atoms with E-state index in [-0.39, 0.29) is 17.7 Å². The van der Waals surface area contributed by atoms with Crippen LogP contribution in [0.15, 0.2) is 28.8 Å². The van der Waals surface area contributed by atoms with E-state index in [9.17, 15) is 4.79 Å². The molecule has 1 unspecified atom stereocenters.